The van der Waals surface area contributed by atoms with E-state index in [1.54, 1.807) is 0 Å². The molecule has 0 amide bonds. The first-order valence-electron chi connectivity index (χ1n) is 7.27. The topological polar surface area (TPSA) is 24.4 Å². The van der Waals surface area contributed by atoms with Gasteiger partial charge in [-0.05, 0) is 31.4 Å². The van der Waals surface area contributed by atoms with Crippen LogP contribution in [0.25, 0.3) is 11.4 Å². The quantitative estimate of drug-likeness (QED) is 0.671. The first-order valence-corrected chi connectivity index (χ1v) is 7.27. The van der Waals surface area contributed by atoms with Crippen LogP contribution in [0.1, 0.15) is 18.4 Å². The minimum atomic E-state index is 0.925. The summed E-state index contributed by atoms with van der Waals surface area (Å²) in [6.45, 7) is 4.17. The van der Waals surface area contributed by atoms with E-state index in [4.69, 9.17) is 4.99 Å². The molecule has 4 rings (SSSR count). The van der Waals surface area contributed by atoms with Gasteiger partial charge in [0, 0.05) is 13.1 Å². The van der Waals surface area contributed by atoms with Gasteiger partial charge in [-0.15, -0.1) is 0 Å². The van der Waals surface area contributed by atoms with Crippen molar-refractivity contribution in [3.63, 3.8) is 0 Å². The molecule has 2 aromatic rings. The highest BCUT2D eigenvalue weighted by atomic mass is 15.4. The minimum absolute atomic E-state index is 0.925. The second kappa shape index (κ2) is 4.20. The molecule has 4 nitrogen and oxygen atoms in total. The second-order valence-corrected chi connectivity index (χ2v) is 5.61. The molecule has 4 heteroatoms. The van der Waals surface area contributed by atoms with Gasteiger partial charge in [0.15, 0.2) is 0 Å². The lowest BCUT2D eigenvalue weighted by atomic mass is 10.0. The van der Waals surface area contributed by atoms with Gasteiger partial charge in [-0.3, -0.25) is 4.90 Å². The lowest BCUT2D eigenvalue weighted by Gasteiger charge is -2.29. The maximum absolute atomic E-state index is 4.82. The predicted molar refractivity (Wildman–Crippen MR) is 80.1 cm³/mol. The highest BCUT2D eigenvalue weighted by Crippen LogP contribution is 2.37. The van der Waals surface area contributed by atoms with E-state index in [2.05, 4.69) is 58.6 Å². The molecule has 1 aromatic carbocycles. The number of aliphatic imine (C=N–C) groups is 1. The van der Waals surface area contributed by atoms with Crippen LogP contribution in [0.4, 0.5) is 5.69 Å². The van der Waals surface area contributed by atoms with Gasteiger partial charge in [-0.25, -0.2) is 9.56 Å². The van der Waals surface area contributed by atoms with Crippen molar-refractivity contribution in [1.29, 1.82) is 0 Å². The summed E-state index contributed by atoms with van der Waals surface area (Å²) in [7, 11) is 2.11. The molecular weight excluding hydrogens is 248 g/mol. The van der Waals surface area contributed by atoms with E-state index in [1.807, 2.05) is 0 Å². The van der Waals surface area contributed by atoms with Gasteiger partial charge < -0.3 is 0 Å². The summed E-state index contributed by atoms with van der Waals surface area (Å²) in [5, 5.41) is 0. The Morgan fingerprint density at radius 3 is 3.05 bits per heavy atom. The Morgan fingerprint density at radius 2 is 2.15 bits per heavy atom. The molecule has 20 heavy (non-hydrogen) atoms. The van der Waals surface area contributed by atoms with Gasteiger partial charge in [0.2, 0.25) is 0 Å². The number of fused-ring (bicyclic) bond motifs is 6. The summed E-state index contributed by atoms with van der Waals surface area (Å²) in [5.74, 6) is 2.31. The first kappa shape index (κ1) is 11.7. The number of anilines is 1. The molecule has 2 aliphatic heterocycles. The molecule has 1 aromatic heterocycles. The minimum Gasteiger partial charge on any atom is -0.291 e. The summed E-state index contributed by atoms with van der Waals surface area (Å²) in [4.78, 5) is 7.20. The number of nitrogens with zero attached hydrogens (tertiary/aromatic N) is 4. The Balaban J connectivity index is 2.07. The first-order chi connectivity index (χ1) is 9.77. The summed E-state index contributed by atoms with van der Waals surface area (Å²) >= 11 is 0. The van der Waals surface area contributed by atoms with Crippen molar-refractivity contribution in [2.24, 2.45) is 12.0 Å². The van der Waals surface area contributed by atoms with Crippen molar-refractivity contribution in [3.05, 3.63) is 36.2 Å². The molecule has 0 saturated heterocycles. The van der Waals surface area contributed by atoms with Crippen molar-refractivity contribution in [2.45, 2.75) is 19.8 Å². The molecule has 0 bridgehead atoms. The van der Waals surface area contributed by atoms with Gasteiger partial charge >= 0.3 is 5.96 Å². The fraction of sp³-hybridized carbons (Fsp3) is 0.375. The van der Waals surface area contributed by atoms with E-state index >= 15 is 0 Å². The molecule has 0 fully saturated rings. The molecule has 0 N–H and O–H groups in total. The summed E-state index contributed by atoms with van der Waals surface area (Å²) in [6, 6.07) is 6.56. The SMILES string of the molecule is Cc1cccc2c1-c1n(cc[n+]1C)C1=NCCCCN12. The Hall–Kier alpha value is -2.10. The average molecular weight is 267 g/mol. The Bertz CT molecular complexity index is 711. The number of aromatic nitrogens is 2. The monoisotopic (exact) mass is 267 g/mol. The zero-order chi connectivity index (χ0) is 13.7. The van der Waals surface area contributed by atoms with Crippen molar-refractivity contribution in [1.82, 2.24) is 4.57 Å². The number of aryl methyl sites for hydroxylation is 2. The van der Waals surface area contributed by atoms with Crippen LogP contribution in [-0.4, -0.2) is 23.6 Å². The molecule has 102 valence electrons. The highest BCUT2D eigenvalue weighted by Gasteiger charge is 2.36. The van der Waals surface area contributed by atoms with Crippen LogP contribution in [0.5, 0.6) is 0 Å². The standard InChI is InChI=1S/C16H19N4/c1-12-6-5-7-13-14(12)15-18(2)10-11-20(15)16-17-8-3-4-9-19(13)16/h5-7,10-11H,3-4,8-9H2,1-2H3/q+1. The molecule has 0 saturated carbocycles. The number of hydrogen-bond donors (Lipinski definition) is 0. The van der Waals surface area contributed by atoms with Crippen molar-refractivity contribution in [3.8, 4) is 11.4 Å². The Morgan fingerprint density at radius 1 is 1.25 bits per heavy atom. The summed E-state index contributed by atoms with van der Waals surface area (Å²) < 4.78 is 4.43. The smallest absolute Gasteiger partial charge is 0.291 e. The van der Waals surface area contributed by atoms with Crippen LogP contribution in [-0.2, 0) is 7.05 Å². The van der Waals surface area contributed by atoms with E-state index < -0.39 is 0 Å². The zero-order valence-electron chi connectivity index (χ0n) is 12.0. The van der Waals surface area contributed by atoms with E-state index in [9.17, 15) is 0 Å². The van der Waals surface area contributed by atoms with Crippen molar-refractivity contribution in [2.75, 3.05) is 18.0 Å². The number of hydrogen-bond acceptors (Lipinski definition) is 2. The normalized spacial score (nSPS) is 16.9. The molecule has 0 unspecified atom stereocenters. The fourth-order valence-electron chi connectivity index (χ4n) is 3.28. The third-order valence-corrected chi connectivity index (χ3v) is 4.27. The zero-order valence-corrected chi connectivity index (χ0v) is 12.0. The van der Waals surface area contributed by atoms with Gasteiger partial charge in [0.1, 0.15) is 12.4 Å². The van der Waals surface area contributed by atoms with Crippen LogP contribution in [0, 0.1) is 6.92 Å². The van der Waals surface area contributed by atoms with Crippen LogP contribution in [0.15, 0.2) is 35.6 Å². The molecule has 0 atom stereocenters. The maximum Gasteiger partial charge on any atom is 0.302 e. The van der Waals surface area contributed by atoms with Gasteiger partial charge in [0.25, 0.3) is 5.82 Å². The predicted octanol–water partition coefficient (Wildman–Crippen LogP) is 2.11. The molecule has 0 radical (unpaired) electrons. The van der Waals surface area contributed by atoms with Crippen LogP contribution >= 0.6 is 0 Å². The molecule has 0 spiro atoms. The lowest BCUT2D eigenvalue weighted by molar-refractivity contribution is -0.659. The van der Waals surface area contributed by atoms with E-state index in [0.717, 1.165) is 19.0 Å². The molecule has 0 aliphatic carbocycles. The fourth-order valence-corrected chi connectivity index (χ4v) is 3.28. The van der Waals surface area contributed by atoms with Gasteiger partial charge in [-0.1, -0.05) is 12.1 Å². The third-order valence-electron chi connectivity index (χ3n) is 4.27. The van der Waals surface area contributed by atoms with Crippen LogP contribution < -0.4 is 9.47 Å². The van der Waals surface area contributed by atoms with E-state index in [1.165, 1.54) is 35.5 Å². The van der Waals surface area contributed by atoms with E-state index in [-0.39, 0.29) is 0 Å². The van der Waals surface area contributed by atoms with Crippen LogP contribution in [0.2, 0.25) is 0 Å². The number of imidazole rings is 1. The number of benzene rings is 1. The molecule has 3 heterocycles. The van der Waals surface area contributed by atoms with Gasteiger partial charge in [0.05, 0.1) is 18.3 Å². The largest absolute Gasteiger partial charge is 0.302 e. The average Bonchev–Trinajstić information content (AvgIpc) is 2.69. The highest BCUT2D eigenvalue weighted by molar-refractivity contribution is 6.06. The Labute approximate surface area is 119 Å². The van der Waals surface area contributed by atoms with Gasteiger partial charge in [-0.2, -0.15) is 4.57 Å². The second-order valence-electron chi connectivity index (χ2n) is 5.61. The van der Waals surface area contributed by atoms with Crippen molar-refractivity contribution >= 4 is 11.6 Å². The maximum atomic E-state index is 4.82. The van der Waals surface area contributed by atoms with Crippen LogP contribution in [0.3, 0.4) is 0 Å². The van der Waals surface area contributed by atoms with Crippen molar-refractivity contribution < 1.29 is 4.57 Å². The summed E-state index contributed by atoms with van der Waals surface area (Å²) in [5.41, 5.74) is 3.95. The third kappa shape index (κ3) is 1.48. The number of rotatable bonds is 0. The molecule has 2 aliphatic rings. The van der Waals surface area contributed by atoms with E-state index in [0.29, 0.717) is 0 Å². The summed E-state index contributed by atoms with van der Waals surface area (Å²) in [6.07, 6.45) is 6.61. The Kier molecular flexibility index (Phi) is 2.46. The lowest BCUT2D eigenvalue weighted by Crippen LogP contribution is -2.43. The molecular formula is C16H19N4+.